The smallest absolute Gasteiger partial charge is 0.407 e. The number of benzene rings is 2. The molecule has 0 spiro atoms. The maximum absolute atomic E-state index is 12.7. The van der Waals surface area contributed by atoms with Gasteiger partial charge in [0.1, 0.15) is 25.4 Å². The molecule has 0 saturated carbocycles. The van der Waals surface area contributed by atoms with Crippen LogP contribution in [0, 0.1) is 0 Å². The summed E-state index contributed by atoms with van der Waals surface area (Å²) in [6.45, 7) is 4.58. The number of carbonyl (C=O) groups excluding carboxylic acids is 5. The van der Waals surface area contributed by atoms with Gasteiger partial charge in [0.05, 0.1) is 13.1 Å². The van der Waals surface area contributed by atoms with Crippen molar-refractivity contribution in [1.82, 2.24) is 16.0 Å². The summed E-state index contributed by atoms with van der Waals surface area (Å²) in [5.41, 5.74) is 4.14. The second-order valence-corrected chi connectivity index (χ2v) is 10.0. The zero-order chi connectivity index (χ0) is 26.8. The van der Waals surface area contributed by atoms with Crippen LogP contribution in [0.3, 0.4) is 0 Å². The molecule has 2 unspecified atom stereocenters. The van der Waals surface area contributed by atoms with Crippen molar-refractivity contribution in [2.45, 2.75) is 38.5 Å². The fourth-order valence-corrected chi connectivity index (χ4v) is 4.65. The van der Waals surface area contributed by atoms with Gasteiger partial charge >= 0.3 is 6.09 Å². The lowest BCUT2D eigenvalue weighted by molar-refractivity contribution is -0.126. The molecule has 1 aliphatic rings. The molecule has 3 N–H and O–H groups in total. The van der Waals surface area contributed by atoms with Crippen molar-refractivity contribution >= 4 is 44.7 Å². The highest BCUT2D eigenvalue weighted by atomic mass is 31.1. The first-order valence-electron chi connectivity index (χ1n) is 12.0. The first kappa shape index (κ1) is 28.1. The number of hydrogen-bond acceptors (Lipinski definition) is 6. The van der Waals surface area contributed by atoms with E-state index in [0.29, 0.717) is 0 Å². The summed E-state index contributed by atoms with van der Waals surface area (Å²) in [5.74, 6) is -1.37. The number of Topliss-reactive ketones (excluding diaryl/α,β-unsaturated/α-hetero) is 1. The van der Waals surface area contributed by atoms with E-state index in [0.717, 1.165) is 22.3 Å². The molecule has 3 amide bonds. The average molecular weight is 522 g/mol. The topological polar surface area (TPSA) is 131 Å². The summed E-state index contributed by atoms with van der Waals surface area (Å²) in [6.07, 6.45) is -0.940. The summed E-state index contributed by atoms with van der Waals surface area (Å²) in [7, 11) is -0.0415. The normalized spacial score (nSPS) is 12.8. The largest absolute Gasteiger partial charge is 0.449 e. The lowest BCUT2D eigenvalue weighted by Gasteiger charge is -2.19. The summed E-state index contributed by atoms with van der Waals surface area (Å²) in [4.78, 5) is 60.4. The monoisotopic (exact) mass is 522 g/mol. The van der Waals surface area contributed by atoms with Crippen LogP contribution in [-0.2, 0) is 23.9 Å². The van der Waals surface area contributed by atoms with Crippen LogP contribution in [-0.4, -0.2) is 62.0 Å². The molecule has 0 fully saturated rings. The number of nitrogens with one attached hydrogen (secondary N) is 3. The highest BCUT2D eigenvalue weighted by molar-refractivity contribution is 7.84. The second kappa shape index (κ2) is 13.7. The van der Waals surface area contributed by atoms with E-state index < -0.39 is 23.9 Å². The third-order valence-corrected chi connectivity index (χ3v) is 6.66. The Bertz CT molecular complexity index is 1130. The quantitative estimate of drug-likeness (QED) is 0.274. The van der Waals surface area contributed by atoms with Gasteiger partial charge in [0.25, 0.3) is 0 Å². The van der Waals surface area contributed by atoms with Crippen molar-refractivity contribution < 1.29 is 28.7 Å². The number of ketones is 1. The van der Waals surface area contributed by atoms with E-state index in [1.165, 1.54) is 6.92 Å². The Morgan fingerprint density at radius 3 is 2.16 bits per heavy atom. The van der Waals surface area contributed by atoms with Gasteiger partial charge in [0.2, 0.25) is 11.8 Å². The molecule has 3 rings (SSSR count). The van der Waals surface area contributed by atoms with Crippen LogP contribution in [0.1, 0.15) is 36.8 Å². The van der Waals surface area contributed by atoms with E-state index in [2.05, 4.69) is 16.0 Å². The Morgan fingerprint density at radius 1 is 0.946 bits per heavy atom. The minimum absolute atomic E-state index is 0.0316. The molecule has 1 aliphatic carbocycles. The van der Waals surface area contributed by atoms with Crippen molar-refractivity contribution in [3.63, 3.8) is 0 Å². The molecule has 0 bridgehead atoms. The van der Waals surface area contributed by atoms with Gasteiger partial charge in [-0.1, -0.05) is 63.8 Å². The zero-order valence-corrected chi connectivity index (χ0v) is 21.8. The SMILES string of the molecule is C[B]PC(=O)CNC(=O)C(CCC(=O)NCC(C)=O)NC(=O)OCC1c2ccccc2-c2ccccc21. The van der Waals surface area contributed by atoms with E-state index in [1.807, 2.05) is 48.5 Å². The summed E-state index contributed by atoms with van der Waals surface area (Å²) >= 11 is 0. The van der Waals surface area contributed by atoms with Crippen molar-refractivity contribution in [2.75, 3.05) is 19.7 Å². The van der Waals surface area contributed by atoms with Gasteiger partial charge in [-0.3, -0.25) is 19.2 Å². The zero-order valence-electron chi connectivity index (χ0n) is 20.8. The molecule has 2 aromatic rings. The minimum Gasteiger partial charge on any atom is -0.449 e. The van der Waals surface area contributed by atoms with E-state index in [9.17, 15) is 24.0 Å². The molecule has 9 nitrogen and oxygen atoms in total. The summed E-state index contributed by atoms with van der Waals surface area (Å²) in [6, 6.07) is 14.8. The lowest BCUT2D eigenvalue weighted by Crippen LogP contribution is -2.48. The third kappa shape index (κ3) is 7.99. The van der Waals surface area contributed by atoms with Crippen LogP contribution >= 0.6 is 8.46 Å². The molecule has 2 aromatic carbocycles. The van der Waals surface area contributed by atoms with Crippen LogP contribution in [0.2, 0.25) is 6.82 Å². The Labute approximate surface area is 218 Å². The summed E-state index contributed by atoms with van der Waals surface area (Å²) < 4.78 is 5.52. The standard InChI is InChI=1S/C26H30BN3O6P/c1-16(31)13-28-23(32)12-11-22(25(34)29-14-24(33)37-27-2)30-26(35)36-15-21-19-9-5-3-7-17(19)18-8-4-6-10-20(18)21/h3-10,21-22,37H,11-15H2,1-2H3,(H,28,32)(H,29,34)(H,30,35). The van der Waals surface area contributed by atoms with E-state index in [4.69, 9.17) is 4.74 Å². The number of rotatable bonds is 13. The number of hydrogen-bond donors (Lipinski definition) is 3. The first-order chi connectivity index (χ1) is 17.8. The summed E-state index contributed by atoms with van der Waals surface area (Å²) in [5, 5.41) is 7.50. The van der Waals surface area contributed by atoms with E-state index in [-0.39, 0.29) is 58.2 Å². The van der Waals surface area contributed by atoms with E-state index >= 15 is 0 Å². The Morgan fingerprint density at radius 2 is 1.57 bits per heavy atom. The van der Waals surface area contributed by atoms with Crippen molar-refractivity contribution in [1.29, 1.82) is 0 Å². The molecule has 0 aromatic heterocycles. The predicted molar refractivity (Wildman–Crippen MR) is 143 cm³/mol. The lowest BCUT2D eigenvalue weighted by atomic mass is 9.98. The predicted octanol–water partition coefficient (Wildman–Crippen LogP) is 2.37. The molecule has 0 heterocycles. The molecule has 2 atom stereocenters. The fourth-order valence-electron chi connectivity index (χ4n) is 4.14. The molecular formula is C26H30BN3O6P. The van der Waals surface area contributed by atoms with Crippen LogP contribution < -0.4 is 16.0 Å². The third-order valence-electron chi connectivity index (χ3n) is 5.88. The van der Waals surface area contributed by atoms with Crippen molar-refractivity contribution in [3.8, 4) is 11.1 Å². The van der Waals surface area contributed by atoms with Gasteiger partial charge in [0.15, 0.2) is 5.52 Å². The van der Waals surface area contributed by atoms with Crippen molar-refractivity contribution in [3.05, 3.63) is 59.7 Å². The molecular weight excluding hydrogens is 492 g/mol. The van der Waals surface area contributed by atoms with Crippen molar-refractivity contribution in [2.24, 2.45) is 0 Å². The highest BCUT2D eigenvalue weighted by Crippen LogP contribution is 2.44. The highest BCUT2D eigenvalue weighted by Gasteiger charge is 2.30. The molecule has 0 aliphatic heterocycles. The maximum atomic E-state index is 12.7. The number of fused-ring (bicyclic) bond motifs is 3. The first-order valence-corrected chi connectivity index (χ1v) is 13.1. The molecule has 37 heavy (non-hydrogen) atoms. The molecule has 1 radical (unpaired) electrons. The fraction of sp³-hybridized carbons (Fsp3) is 0.346. The van der Waals surface area contributed by atoms with Crippen LogP contribution in [0.15, 0.2) is 48.5 Å². The number of ether oxygens (including phenoxy) is 1. The Kier molecular flexibility index (Phi) is 10.4. The van der Waals surface area contributed by atoms with E-state index in [1.54, 1.807) is 13.8 Å². The molecule has 11 heteroatoms. The molecule has 0 saturated heterocycles. The van der Waals surface area contributed by atoms with Crippen LogP contribution in [0.25, 0.3) is 11.1 Å². The van der Waals surface area contributed by atoms with Gasteiger partial charge in [0, 0.05) is 12.3 Å². The second-order valence-electron chi connectivity index (χ2n) is 8.61. The van der Waals surface area contributed by atoms with Crippen LogP contribution in [0.4, 0.5) is 4.79 Å². The van der Waals surface area contributed by atoms with Gasteiger partial charge < -0.3 is 20.7 Å². The number of carbonyl (C=O) groups is 5. The average Bonchev–Trinajstić information content (AvgIpc) is 3.21. The molecule has 193 valence electrons. The van der Waals surface area contributed by atoms with Gasteiger partial charge in [-0.05, 0) is 35.6 Å². The Hall–Kier alpha value is -3.52. The number of alkyl carbamates (subject to hydrolysis) is 1. The minimum atomic E-state index is -1.10. The maximum Gasteiger partial charge on any atom is 0.407 e. The van der Waals surface area contributed by atoms with Crippen LogP contribution in [0.5, 0.6) is 0 Å². The van der Waals surface area contributed by atoms with Gasteiger partial charge in [-0.15, -0.1) is 0 Å². The number of amides is 3. The van der Waals surface area contributed by atoms with Gasteiger partial charge in [-0.25, -0.2) is 4.79 Å². The Balaban J connectivity index is 1.62. The van der Waals surface area contributed by atoms with Gasteiger partial charge in [-0.2, -0.15) is 0 Å².